The summed E-state index contributed by atoms with van der Waals surface area (Å²) < 4.78 is 7.27. The van der Waals surface area contributed by atoms with E-state index in [0.29, 0.717) is 41.8 Å². The molecule has 0 radical (unpaired) electrons. The van der Waals surface area contributed by atoms with Gasteiger partial charge in [-0.1, -0.05) is 6.07 Å². The van der Waals surface area contributed by atoms with Crippen LogP contribution in [0.1, 0.15) is 47.8 Å². The van der Waals surface area contributed by atoms with Crippen molar-refractivity contribution in [1.82, 2.24) is 30.2 Å². The molecule has 3 amide bonds. The number of nitrogen functional groups attached to an aromatic ring is 1. The number of nitrogens with one attached hydrogen (secondary N) is 3. The lowest BCUT2D eigenvalue weighted by atomic mass is 10.1. The number of unbranched alkanes of at least 4 members (excludes halogenated alkanes) is 1. The lowest BCUT2D eigenvalue weighted by Gasteiger charge is -2.16. The van der Waals surface area contributed by atoms with Crippen LogP contribution in [0, 0.1) is 0 Å². The van der Waals surface area contributed by atoms with E-state index in [1.54, 1.807) is 18.2 Å². The monoisotopic (exact) mass is 524 g/mol. The fourth-order valence-electron chi connectivity index (χ4n) is 4.64. The molecular weight excluding hydrogens is 496 g/mol. The van der Waals surface area contributed by atoms with E-state index in [0.717, 1.165) is 5.56 Å². The van der Waals surface area contributed by atoms with Gasteiger partial charge in [-0.15, -0.1) is 0 Å². The minimum atomic E-state index is -1.27. The van der Waals surface area contributed by atoms with Crippen LogP contribution in [-0.4, -0.2) is 72.3 Å². The minimum absolute atomic E-state index is 0.0102. The van der Waals surface area contributed by atoms with Gasteiger partial charge in [0.1, 0.15) is 30.2 Å². The van der Waals surface area contributed by atoms with Crippen molar-refractivity contribution in [3.05, 3.63) is 42.0 Å². The highest BCUT2D eigenvalue weighted by Crippen LogP contribution is 2.31. The predicted octanol–water partition coefficient (Wildman–Crippen LogP) is -0.414. The number of imidazole rings is 1. The topological polar surface area (TPSA) is 207 Å². The largest absolute Gasteiger partial charge is 0.387 e. The third-order valence-electron chi connectivity index (χ3n) is 6.68. The minimum Gasteiger partial charge on any atom is -0.387 e. The second-order valence-electron chi connectivity index (χ2n) is 9.20. The number of aromatic nitrogens is 4. The summed E-state index contributed by atoms with van der Waals surface area (Å²) in [7, 11) is 0. The molecule has 0 bridgehead atoms. The maximum absolute atomic E-state index is 12.3. The fraction of sp³-hybridized carbons (Fsp3) is 0.417. The highest BCUT2D eigenvalue weighted by molar-refractivity contribution is 6.02. The number of hydrogen-bond acceptors (Lipinski definition) is 10. The average molecular weight is 525 g/mol. The molecule has 7 N–H and O–H groups in total. The van der Waals surface area contributed by atoms with Gasteiger partial charge in [0.05, 0.1) is 6.33 Å². The molecule has 4 atom stereocenters. The Kier molecular flexibility index (Phi) is 7.18. The Morgan fingerprint density at radius 3 is 2.74 bits per heavy atom. The summed E-state index contributed by atoms with van der Waals surface area (Å²) >= 11 is 0. The van der Waals surface area contributed by atoms with Crippen LogP contribution in [0.15, 0.2) is 30.9 Å². The maximum atomic E-state index is 12.3. The van der Waals surface area contributed by atoms with Gasteiger partial charge < -0.3 is 36.6 Å². The summed E-state index contributed by atoms with van der Waals surface area (Å²) in [5.41, 5.74) is 8.44. The summed E-state index contributed by atoms with van der Waals surface area (Å²) in [4.78, 5) is 48.5. The highest BCUT2D eigenvalue weighted by Gasteiger charge is 2.44. The molecule has 200 valence electrons. The summed E-state index contributed by atoms with van der Waals surface area (Å²) in [6.45, 7) is 0.369. The summed E-state index contributed by atoms with van der Waals surface area (Å²) in [6, 6.07) is 5.19. The summed E-state index contributed by atoms with van der Waals surface area (Å²) in [5.74, 6) is -0.434. The quantitative estimate of drug-likeness (QED) is 0.199. The Hall–Kier alpha value is -4.14. The van der Waals surface area contributed by atoms with Crippen LogP contribution in [0.2, 0.25) is 0 Å². The molecule has 0 saturated carbocycles. The first kappa shape index (κ1) is 25.5. The second kappa shape index (κ2) is 10.7. The van der Waals surface area contributed by atoms with Crippen molar-refractivity contribution in [3.8, 4) is 0 Å². The molecule has 14 nitrogen and oxygen atoms in total. The summed E-state index contributed by atoms with van der Waals surface area (Å²) in [6.07, 6.45) is -0.292. The fourth-order valence-corrected chi connectivity index (χ4v) is 4.64. The van der Waals surface area contributed by atoms with Crippen molar-refractivity contribution in [2.45, 2.75) is 56.8 Å². The number of ether oxygens (including phenoxy) is 1. The predicted molar refractivity (Wildman–Crippen MR) is 133 cm³/mol. The molecule has 0 unspecified atom stereocenters. The van der Waals surface area contributed by atoms with Gasteiger partial charge in [0, 0.05) is 42.7 Å². The number of amides is 3. The van der Waals surface area contributed by atoms with Crippen LogP contribution < -0.4 is 21.7 Å². The average Bonchev–Trinajstić information content (AvgIpc) is 3.58. The van der Waals surface area contributed by atoms with Gasteiger partial charge in [-0.2, -0.15) is 0 Å². The number of carbonyl (C=O) groups is 3. The van der Waals surface area contributed by atoms with Crippen LogP contribution in [-0.2, 0) is 20.9 Å². The Morgan fingerprint density at radius 2 is 1.92 bits per heavy atom. The van der Waals surface area contributed by atoms with E-state index in [1.165, 1.54) is 17.2 Å². The number of carbonyl (C=O) groups excluding carboxylic acids is 3. The van der Waals surface area contributed by atoms with Crippen molar-refractivity contribution < 1.29 is 29.3 Å². The molecule has 2 aliphatic rings. The Morgan fingerprint density at radius 1 is 1.13 bits per heavy atom. The van der Waals surface area contributed by atoms with Crippen molar-refractivity contribution >= 4 is 40.4 Å². The normalized spacial score (nSPS) is 22.3. The van der Waals surface area contributed by atoms with E-state index in [-0.39, 0.29) is 42.9 Å². The van der Waals surface area contributed by atoms with E-state index < -0.39 is 24.5 Å². The van der Waals surface area contributed by atoms with E-state index in [1.807, 2.05) is 0 Å². The van der Waals surface area contributed by atoms with Gasteiger partial charge in [0.25, 0.3) is 5.91 Å². The van der Waals surface area contributed by atoms with Gasteiger partial charge >= 0.3 is 0 Å². The van der Waals surface area contributed by atoms with Crippen LogP contribution in [0.5, 0.6) is 0 Å². The van der Waals surface area contributed by atoms with Gasteiger partial charge in [-0.25, -0.2) is 15.0 Å². The van der Waals surface area contributed by atoms with Crippen molar-refractivity contribution in [2.75, 3.05) is 17.6 Å². The molecule has 0 aliphatic carbocycles. The van der Waals surface area contributed by atoms with E-state index in [4.69, 9.17) is 10.5 Å². The van der Waals surface area contributed by atoms with Crippen LogP contribution in [0.3, 0.4) is 0 Å². The number of hydrogen-bond donors (Lipinski definition) is 6. The number of rotatable bonds is 9. The van der Waals surface area contributed by atoms with E-state index >= 15 is 0 Å². The molecule has 2 aromatic heterocycles. The first-order valence-electron chi connectivity index (χ1n) is 12.2. The zero-order valence-corrected chi connectivity index (χ0v) is 20.3. The van der Waals surface area contributed by atoms with Gasteiger partial charge in [0.2, 0.25) is 11.8 Å². The number of nitrogens with two attached hydrogens (primary N) is 1. The second-order valence-corrected chi connectivity index (χ2v) is 9.20. The SMILES string of the molecule is Nc1ncnc2c1ncn2[C@@H]1O[C@H](CNC(=O)CCCCC(=O)Nc2cccc3c2CNC3=O)[C@@H](O)[C@H]1O. The van der Waals surface area contributed by atoms with E-state index in [2.05, 4.69) is 30.9 Å². The highest BCUT2D eigenvalue weighted by atomic mass is 16.6. The molecule has 38 heavy (non-hydrogen) atoms. The number of aliphatic hydroxyl groups excluding tert-OH is 2. The number of nitrogens with zero attached hydrogens (tertiary/aromatic N) is 4. The maximum Gasteiger partial charge on any atom is 0.251 e. The molecule has 2 aliphatic heterocycles. The van der Waals surface area contributed by atoms with Crippen molar-refractivity contribution in [2.24, 2.45) is 0 Å². The standard InChI is InChI=1S/C24H28N8O6/c25-21-18-22(29-10-28-21)32(11-30-18)24-20(36)19(35)15(38-24)9-26-16(33)6-1-2-7-17(34)31-14-5-3-4-12-13(14)8-27-23(12)37/h3-5,10-11,15,19-20,24,35-36H,1-2,6-9H2,(H,26,33)(H,27,37)(H,31,34)(H2,25,28,29)/t15-,19-,20-,24-/m1/s1. The van der Waals surface area contributed by atoms with Crippen molar-refractivity contribution in [1.29, 1.82) is 0 Å². The molecule has 4 heterocycles. The Balaban J connectivity index is 1.05. The molecule has 3 aromatic rings. The Labute approximate surface area is 216 Å². The van der Waals surface area contributed by atoms with Crippen LogP contribution in [0.25, 0.3) is 11.2 Å². The Bertz CT molecular complexity index is 1380. The molecule has 5 rings (SSSR count). The smallest absolute Gasteiger partial charge is 0.251 e. The third kappa shape index (κ3) is 5.01. The van der Waals surface area contributed by atoms with Gasteiger partial charge in [0.15, 0.2) is 17.7 Å². The lowest BCUT2D eigenvalue weighted by molar-refractivity contribution is -0.122. The van der Waals surface area contributed by atoms with Gasteiger partial charge in [-0.05, 0) is 25.0 Å². The zero-order chi connectivity index (χ0) is 26.8. The summed E-state index contributed by atoms with van der Waals surface area (Å²) in [5, 5.41) is 29.2. The number of fused-ring (bicyclic) bond motifs is 2. The van der Waals surface area contributed by atoms with Gasteiger partial charge in [-0.3, -0.25) is 19.0 Å². The molecule has 1 fully saturated rings. The van der Waals surface area contributed by atoms with Crippen molar-refractivity contribution in [3.63, 3.8) is 0 Å². The number of aliphatic hydroxyl groups is 2. The first-order valence-corrected chi connectivity index (χ1v) is 12.2. The number of benzene rings is 1. The lowest BCUT2D eigenvalue weighted by Crippen LogP contribution is -2.39. The molecular formula is C24H28N8O6. The van der Waals surface area contributed by atoms with E-state index in [9.17, 15) is 24.6 Å². The number of anilines is 2. The zero-order valence-electron chi connectivity index (χ0n) is 20.3. The third-order valence-corrected chi connectivity index (χ3v) is 6.68. The molecule has 1 saturated heterocycles. The van der Waals surface area contributed by atoms with Crippen LogP contribution in [0.4, 0.5) is 11.5 Å². The molecule has 0 spiro atoms. The molecule has 1 aromatic carbocycles. The molecule has 14 heteroatoms. The van der Waals surface area contributed by atoms with Crippen LogP contribution >= 0.6 is 0 Å². The first-order chi connectivity index (χ1) is 18.3.